The Morgan fingerprint density at radius 1 is 1.00 bits per heavy atom. The highest BCUT2D eigenvalue weighted by Gasteiger charge is 2.45. The number of benzene rings is 3. The lowest BCUT2D eigenvalue weighted by Crippen LogP contribution is -2.45. The summed E-state index contributed by atoms with van der Waals surface area (Å²) in [4.78, 5) is 33.3. The summed E-state index contributed by atoms with van der Waals surface area (Å²) in [5.41, 5.74) is 4.19. The molecule has 3 aromatic carbocycles. The highest BCUT2D eigenvalue weighted by atomic mass is 19.1. The molecule has 0 saturated heterocycles. The number of carbonyl (C=O) groups excluding carboxylic acids is 2. The maximum absolute atomic E-state index is 13.7. The van der Waals surface area contributed by atoms with E-state index >= 15 is 0 Å². The van der Waals surface area contributed by atoms with E-state index in [4.69, 9.17) is 4.99 Å². The first-order valence-corrected chi connectivity index (χ1v) is 11.2. The van der Waals surface area contributed by atoms with Gasteiger partial charge in [-0.05, 0) is 59.9 Å². The van der Waals surface area contributed by atoms with E-state index in [1.807, 2.05) is 36.4 Å². The van der Waals surface area contributed by atoms with Crippen LogP contribution in [-0.4, -0.2) is 17.4 Å². The summed E-state index contributed by atoms with van der Waals surface area (Å²) < 4.78 is 13.5. The third-order valence-electron chi connectivity index (χ3n) is 6.67. The van der Waals surface area contributed by atoms with Gasteiger partial charge in [0.1, 0.15) is 11.6 Å². The molecule has 0 radical (unpaired) electrons. The van der Waals surface area contributed by atoms with E-state index in [1.165, 1.54) is 19.1 Å². The number of Topliss-reactive ketones (excluding diaryl/α,β-unsaturated/α-hetero) is 1. The molecule has 1 saturated carbocycles. The van der Waals surface area contributed by atoms with Gasteiger partial charge < -0.3 is 4.90 Å². The summed E-state index contributed by atoms with van der Waals surface area (Å²) in [5, 5.41) is 9.23. The highest BCUT2D eigenvalue weighted by Crippen LogP contribution is 2.47. The van der Waals surface area contributed by atoms with Crippen molar-refractivity contribution in [2.45, 2.75) is 31.7 Å². The van der Waals surface area contributed by atoms with Gasteiger partial charge in [-0.1, -0.05) is 36.4 Å². The minimum Gasteiger partial charge on any atom is -0.302 e. The Hall–Kier alpha value is -4.11. The van der Waals surface area contributed by atoms with Crippen LogP contribution in [0.15, 0.2) is 77.8 Å². The van der Waals surface area contributed by atoms with Gasteiger partial charge in [0.2, 0.25) is 5.91 Å². The minimum absolute atomic E-state index is 0.00672. The molecule has 168 valence electrons. The summed E-state index contributed by atoms with van der Waals surface area (Å²) in [6.07, 6.45) is 0.819. The van der Waals surface area contributed by atoms with Crippen molar-refractivity contribution in [2.75, 3.05) is 4.90 Å². The van der Waals surface area contributed by atoms with Gasteiger partial charge in [0, 0.05) is 19.1 Å². The summed E-state index contributed by atoms with van der Waals surface area (Å²) in [5.74, 6) is -1.23. The lowest BCUT2D eigenvalue weighted by Gasteiger charge is -2.38. The number of hydrogen-bond donors (Lipinski definition) is 0. The molecule has 1 heterocycles. The number of amides is 1. The van der Waals surface area contributed by atoms with E-state index in [9.17, 15) is 19.2 Å². The van der Waals surface area contributed by atoms with Gasteiger partial charge in [0.25, 0.3) is 0 Å². The molecular weight excluding hydrogens is 429 g/mol. The van der Waals surface area contributed by atoms with Crippen LogP contribution >= 0.6 is 0 Å². The number of aliphatic imine (C=N–C) groups is 1. The van der Waals surface area contributed by atoms with Crippen LogP contribution in [0.2, 0.25) is 0 Å². The monoisotopic (exact) mass is 451 g/mol. The van der Waals surface area contributed by atoms with Crippen molar-refractivity contribution in [3.8, 4) is 6.07 Å². The fourth-order valence-electron chi connectivity index (χ4n) is 5.13. The Labute approximate surface area is 197 Å². The first kappa shape index (κ1) is 21.7. The second kappa shape index (κ2) is 8.68. The van der Waals surface area contributed by atoms with Gasteiger partial charge in [-0.2, -0.15) is 5.26 Å². The van der Waals surface area contributed by atoms with Crippen molar-refractivity contribution >= 4 is 28.8 Å². The number of para-hydroxylation sites is 2. The molecule has 2 aliphatic rings. The lowest BCUT2D eigenvalue weighted by molar-refractivity contribution is -0.123. The van der Waals surface area contributed by atoms with Crippen LogP contribution in [0.3, 0.4) is 0 Å². The maximum atomic E-state index is 13.7. The third-order valence-corrected chi connectivity index (χ3v) is 6.67. The summed E-state index contributed by atoms with van der Waals surface area (Å²) in [6, 6.07) is 22.2. The lowest BCUT2D eigenvalue weighted by atomic mass is 9.72. The zero-order chi connectivity index (χ0) is 23.8. The average molecular weight is 452 g/mol. The standard InChI is InChI=1S/C28H22FN3O2/c1-17(33)32-25-5-3-2-4-23(25)31-24-14-21(19-10-12-22(29)13-11-19)15-26(34)27(24)28(32)20-8-6-18(16-30)7-9-20/h2-13,21,27-28H,14-15H2,1H3. The van der Waals surface area contributed by atoms with E-state index in [2.05, 4.69) is 6.07 Å². The van der Waals surface area contributed by atoms with Crippen LogP contribution in [0.1, 0.15) is 48.4 Å². The Morgan fingerprint density at radius 3 is 2.35 bits per heavy atom. The molecule has 0 aromatic heterocycles. The Balaban J connectivity index is 1.66. The smallest absolute Gasteiger partial charge is 0.224 e. The van der Waals surface area contributed by atoms with Gasteiger partial charge in [-0.3, -0.25) is 14.6 Å². The third kappa shape index (κ3) is 3.80. The van der Waals surface area contributed by atoms with Crippen molar-refractivity contribution in [3.63, 3.8) is 0 Å². The topological polar surface area (TPSA) is 73.5 Å². The molecule has 1 amide bonds. The number of carbonyl (C=O) groups is 2. The number of rotatable bonds is 2. The van der Waals surface area contributed by atoms with Gasteiger partial charge in [-0.15, -0.1) is 0 Å². The molecule has 5 nitrogen and oxygen atoms in total. The van der Waals surface area contributed by atoms with Crippen LogP contribution < -0.4 is 4.90 Å². The van der Waals surface area contributed by atoms with Crippen LogP contribution in [0, 0.1) is 23.1 Å². The van der Waals surface area contributed by atoms with Crippen LogP contribution in [0.5, 0.6) is 0 Å². The van der Waals surface area contributed by atoms with E-state index in [1.54, 1.807) is 29.2 Å². The molecule has 5 rings (SSSR count). The summed E-state index contributed by atoms with van der Waals surface area (Å²) in [6.45, 7) is 1.49. The zero-order valence-electron chi connectivity index (χ0n) is 18.6. The summed E-state index contributed by atoms with van der Waals surface area (Å²) in [7, 11) is 0. The maximum Gasteiger partial charge on any atom is 0.224 e. The number of halogens is 1. The number of fused-ring (bicyclic) bond motifs is 2. The largest absolute Gasteiger partial charge is 0.302 e. The molecule has 3 aromatic rings. The second-order valence-corrected chi connectivity index (χ2v) is 8.76. The first-order chi connectivity index (χ1) is 16.5. The van der Waals surface area contributed by atoms with Crippen molar-refractivity contribution in [1.29, 1.82) is 5.26 Å². The molecule has 6 heteroatoms. The van der Waals surface area contributed by atoms with Gasteiger partial charge in [-0.25, -0.2) is 4.39 Å². The van der Waals surface area contributed by atoms with Crippen molar-refractivity contribution in [2.24, 2.45) is 10.9 Å². The van der Waals surface area contributed by atoms with Crippen LogP contribution in [-0.2, 0) is 9.59 Å². The predicted octanol–water partition coefficient (Wildman–Crippen LogP) is 5.64. The van der Waals surface area contributed by atoms with Gasteiger partial charge in [0.05, 0.1) is 35.0 Å². The molecule has 34 heavy (non-hydrogen) atoms. The van der Waals surface area contributed by atoms with Crippen LogP contribution in [0.4, 0.5) is 15.8 Å². The SMILES string of the molecule is CC(=O)N1c2ccccc2N=C2CC(c3ccc(F)cc3)CC(=O)C2C1c1ccc(C#N)cc1. The van der Waals surface area contributed by atoms with Crippen molar-refractivity contribution < 1.29 is 14.0 Å². The first-order valence-electron chi connectivity index (χ1n) is 11.2. The zero-order valence-corrected chi connectivity index (χ0v) is 18.6. The van der Waals surface area contributed by atoms with Crippen molar-refractivity contribution in [3.05, 3.63) is 95.3 Å². The molecule has 3 unspecified atom stereocenters. The highest BCUT2D eigenvalue weighted by molar-refractivity contribution is 6.13. The molecule has 0 N–H and O–H groups in total. The molecule has 1 aliphatic carbocycles. The predicted molar refractivity (Wildman–Crippen MR) is 127 cm³/mol. The number of nitriles is 1. The number of nitrogens with zero attached hydrogens (tertiary/aromatic N) is 3. The summed E-state index contributed by atoms with van der Waals surface area (Å²) >= 11 is 0. The molecule has 0 bridgehead atoms. The van der Waals surface area contributed by atoms with Crippen molar-refractivity contribution in [1.82, 2.24) is 0 Å². The Kier molecular flexibility index (Phi) is 5.54. The normalized spacial score (nSPS) is 21.6. The molecular formula is C28H22FN3O2. The number of ketones is 1. The number of anilines is 1. The fraction of sp³-hybridized carbons (Fsp3) is 0.214. The Bertz CT molecular complexity index is 1340. The number of hydrogen-bond acceptors (Lipinski definition) is 4. The van der Waals surface area contributed by atoms with E-state index in [0.29, 0.717) is 23.4 Å². The van der Waals surface area contributed by atoms with E-state index in [-0.39, 0.29) is 29.8 Å². The van der Waals surface area contributed by atoms with Gasteiger partial charge in [0.15, 0.2) is 0 Å². The minimum atomic E-state index is -0.610. The molecule has 0 spiro atoms. The van der Waals surface area contributed by atoms with Crippen LogP contribution in [0.25, 0.3) is 0 Å². The Morgan fingerprint density at radius 2 is 1.68 bits per heavy atom. The molecule has 3 atom stereocenters. The quantitative estimate of drug-likeness (QED) is 0.506. The molecule has 1 aliphatic heterocycles. The molecule has 1 fully saturated rings. The van der Waals surface area contributed by atoms with E-state index in [0.717, 1.165) is 16.8 Å². The average Bonchev–Trinajstić information content (AvgIpc) is 2.99. The van der Waals surface area contributed by atoms with Gasteiger partial charge >= 0.3 is 0 Å². The second-order valence-electron chi connectivity index (χ2n) is 8.76. The fourth-order valence-corrected chi connectivity index (χ4v) is 5.13. The van der Waals surface area contributed by atoms with E-state index < -0.39 is 12.0 Å².